The molecule has 6 nitrogen and oxygen atoms in total. The summed E-state index contributed by atoms with van der Waals surface area (Å²) in [5, 5.41) is 6.91. The third-order valence-electron chi connectivity index (χ3n) is 4.96. The molecule has 6 heteroatoms. The number of likely N-dealkylation sites (N-methyl/N-ethyl adjacent to an activating group) is 1. The molecule has 1 aliphatic heterocycles. The topological polar surface area (TPSA) is 60.0 Å². The number of guanidine groups is 1. The van der Waals surface area contributed by atoms with Gasteiger partial charge in [0, 0.05) is 45.2 Å². The lowest BCUT2D eigenvalue weighted by Crippen LogP contribution is -2.49. The maximum absolute atomic E-state index is 11.8. The highest BCUT2D eigenvalue weighted by Crippen LogP contribution is 2.10. The van der Waals surface area contributed by atoms with Crippen LogP contribution in [0.1, 0.15) is 25.3 Å². The van der Waals surface area contributed by atoms with E-state index >= 15 is 0 Å². The lowest BCUT2D eigenvalue weighted by Gasteiger charge is -2.26. The molecule has 144 valence electrons. The van der Waals surface area contributed by atoms with E-state index in [1.165, 1.54) is 5.56 Å². The van der Waals surface area contributed by atoms with E-state index in [0.717, 1.165) is 38.4 Å². The van der Waals surface area contributed by atoms with Crippen LogP contribution in [-0.4, -0.2) is 74.5 Å². The molecule has 1 aromatic rings. The summed E-state index contributed by atoms with van der Waals surface area (Å²) < 4.78 is 0. The average molecular weight is 360 g/mol. The number of hydrogen-bond acceptors (Lipinski definition) is 3. The molecule has 2 rings (SSSR count). The first kappa shape index (κ1) is 20.2. The van der Waals surface area contributed by atoms with Crippen molar-refractivity contribution in [2.45, 2.75) is 38.3 Å². The van der Waals surface area contributed by atoms with Crippen molar-refractivity contribution in [1.82, 2.24) is 20.4 Å². The number of rotatable bonds is 7. The van der Waals surface area contributed by atoms with Crippen molar-refractivity contribution in [3.63, 3.8) is 0 Å². The second-order valence-electron chi connectivity index (χ2n) is 7.08. The second-order valence-corrected chi connectivity index (χ2v) is 7.08. The van der Waals surface area contributed by atoms with Gasteiger partial charge in [0.15, 0.2) is 5.96 Å². The van der Waals surface area contributed by atoms with Crippen LogP contribution in [0.15, 0.2) is 35.3 Å². The maximum atomic E-state index is 11.8. The molecule has 1 aromatic carbocycles. The number of carbonyl (C=O) groups is 1. The van der Waals surface area contributed by atoms with Crippen molar-refractivity contribution in [1.29, 1.82) is 0 Å². The average Bonchev–Trinajstić information content (AvgIpc) is 3.12. The molecular weight excluding hydrogens is 326 g/mol. The first-order chi connectivity index (χ1) is 12.5. The molecular formula is C20H33N5O. The molecule has 26 heavy (non-hydrogen) atoms. The van der Waals surface area contributed by atoms with Gasteiger partial charge in [0.25, 0.3) is 0 Å². The van der Waals surface area contributed by atoms with E-state index in [9.17, 15) is 4.79 Å². The fourth-order valence-corrected chi connectivity index (χ4v) is 3.25. The first-order valence-corrected chi connectivity index (χ1v) is 9.48. The minimum absolute atomic E-state index is 0.229. The Morgan fingerprint density at radius 3 is 2.69 bits per heavy atom. The molecule has 0 bridgehead atoms. The summed E-state index contributed by atoms with van der Waals surface area (Å²) in [6.45, 7) is 4.31. The molecule has 0 radical (unpaired) electrons. The van der Waals surface area contributed by atoms with Crippen LogP contribution in [0.3, 0.4) is 0 Å². The highest BCUT2D eigenvalue weighted by Gasteiger charge is 2.26. The van der Waals surface area contributed by atoms with Crippen molar-refractivity contribution in [3.8, 4) is 0 Å². The summed E-state index contributed by atoms with van der Waals surface area (Å²) in [4.78, 5) is 20.4. The van der Waals surface area contributed by atoms with Crippen molar-refractivity contribution < 1.29 is 4.79 Å². The predicted molar refractivity (Wildman–Crippen MR) is 107 cm³/mol. The Balaban J connectivity index is 1.84. The van der Waals surface area contributed by atoms with Gasteiger partial charge < -0.3 is 20.4 Å². The van der Waals surface area contributed by atoms with Gasteiger partial charge in [-0.25, -0.2) is 0 Å². The lowest BCUT2D eigenvalue weighted by atomic mass is 10.1. The van der Waals surface area contributed by atoms with E-state index in [0.29, 0.717) is 12.5 Å². The number of amides is 1. The molecule has 1 heterocycles. The summed E-state index contributed by atoms with van der Waals surface area (Å²) in [5.41, 5.74) is 1.33. The monoisotopic (exact) mass is 359 g/mol. The second kappa shape index (κ2) is 10.2. The smallest absolute Gasteiger partial charge is 0.222 e. The fourth-order valence-electron chi connectivity index (χ4n) is 3.25. The van der Waals surface area contributed by atoms with Crippen LogP contribution in [0.4, 0.5) is 0 Å². The van der Waals surface area contributed by atoms with Gasteiger partial charge >= 0.3 is 0 Å². The third-order valence-corrected chi connectivity index (χ3v) is 4.96. The first-order valence-electron chi connectivity index (χ1n) is 9.48. The molecule has 0 spiro atoms. The zero-order valence-corrected chi connectivity index (χ0v) is 16.5. The molecule has 1 aliphatic rings. The summed E-state index contributed by atoms with van der Waals surface area (Å²) in [7, 11) is 6.01. The minimum Gasteiger partial charge on any atom is -0.355 e. The largest absolute Gasteiger partial charge is 0.355 e. The molecule has 0 saturated carbocycles. The number of carbonyl (C=O) groups excluding carboxylic acids is 1. The Labute approximate surface area is 157 Å². The van der Waals surface area contributed by atoms with Gasteiger partial charge in [0.2, 0.25) is 5.91 Å². The number of nitrogens with one attached hydrogen (secondary N) is 2. The molecule has 2 unspecified atom stereocenters. The molecule has 2 atom stereocenters. The summed E-state index contributed by atoms with van der Waals surface area (Å²) in [5.74, 6) is 1.04. The van der Waals surface area contributed by atoms with Crippen molar-refractivity contribution >= 4 is 11.9 Å². The van der Waals surface area contributed by atoms with Gasteiger partial charge in [-0.3, -0.25) is 9.79 Å². The SMILES string of the molecule is CCC(=O)N1CCC(NC(=NC)NCC(Cc2ccccc2)N(C)C)C1. The van der Waals surface area contributed by atoms with E-state index in [1.54, 1.807) is 7.05 Å². The van der Waals surface area contributed by atoms with Gasteiger partial charge in [-0.2, -0.15) is 0 Å². The molecule has 1 fully saturated rings. The zero-order chi connectivity index (χ0) is 18.9. The van der Waals surface area contributed by atoms with E-state index < -0.39 is 0 Å². The van der Waals surface area contributed by atoms with Gasteiger partial charge in [-0.1, -0.05) is 37.3 Å². The Bertz CT molecular complexity index is 587. The summed E-state index contributed by atoms with van der Waals surface area (Å²) in [6.07, 6.45) is 2.53. The number of hydrogen-bond donors (Lipinski definition) is 2. The highest BCUT2D eigenvalue weighted by atomic mass is 16.2. The van der Waals surface area contributed by atoms with Crippen LogP contribution in [0, 0.1) is 0 Å². The number of likely N-dealkylation sites (tertiary alicyclic amines) is 1. The van der Waals surface area contributed by atoms with Crippen molar-refractivity contribution in [2.24, 2.45) is 4.99 Å². The fraction of sp³-hybridized carbons (Fsp3) is 0.600. The van der Waals surface area contributed by atoms with E-state index in [2.05, 4.69) is 58.9 Å². The zero-order valence-electron chi connectivity index (χ0n) is 16.5. The summed E-state index contributed by atoms with van der Waals surface area (Å²) >= 11 is 0. The van der Waals surface area contributed by atoms with Crippen LogP contribution in [-0.2, 0) is 11.2 Å². The van der Waals surface area contributed by atoms with Crippen LogP contribution >= 0.6 is 0 Å². The van der Waals surface area contributed by atoms with Crippen LogP contribution in [0.2, 0.25) is 0 Å². The molecule has 1 amide bonds. The van der Waals surface area contributed by atoms with E-state index in [4.69, 9.17) is 0 Å². The van der Waals surface area contributed by atoms with Gasteiger partial charge in [0.1, 0.15) is 0 Å². The third kappa shape index (κ3) is 6.02. The molecule has 1 saturated heterocycles. The van der Waals surface area contributed by atoms with Gasteiger partial charge in [-0.15, -0.1) is 0 Å². The minimum atomic E-state index is 0.229. The van der Waals surface area contributed by atoms with Crippen LogP contribution in [0.25, 0.3) is 0 Å². The van der Waals surface area contributed by atoms with Crippen molar-refractivity contribution in [3.05, 3.63) is 35.9 Å². The standard InChI is InChI=1S/C20H33N5O/c1-5-19(26)25-12-11-17(15-25)23-20(21-2)22-14-18(24(3)4)13-16-9-7-6-8-10-16/h6-10,17-18H,5,11-15H2,1-4H3,(H2,21,22,23). The molecule has 2 N–H and O–H groups in total. The quantitative estimate of drug-likeness (QED) is 0.570. The normalized spacial score (nSPS) is 18.9. The Kier molecular flexibility index (Phi) is 7.91. The predicted octanol–water partition coefficient (Wildman–Crippen LogP) is 1.34. The molecule has 0 aliphatic carbocycles. The lowest BCUT2D eigenvalue weighted by molar-refractivity contribution is -0.129. The summed E-state index contributed by atoms with van der Waals surface area (Å²) in [6, 6.07) is 11.2. The van der Waals surface area contributed by atoms with Crippen LogP contribution in [0.5, 0.6) is 0 Å². The number of nitrogens with zero attached hydrogens (tertiary/aromatic N) is 3. The van der Waals surface area contributed by atoms with Crippen LogP contribution < -0.4 is 10.6 Å². The Morgan fingerprint density at radius 2 is 2.08 bits per heavy atom. The maximum Gasteiger partial charge on any atom is 0.222 e. The number of benzene rings is 1. The highest BCUT2D eigenvalue weighted by molar-refractivity contribution is 5.80. The Hall–Kier alpha value is -2.08. The Morgan fingerprint density at radius 1 is 1.35 bits per heavy atom. The number of aliphatic imine (C=N–C) groups is 1. The van der Waals surface area contributed by atoms with E-state index in [-0.39, 0.29) is 11.9 Å². The van der Waals surface area contributed by atoms with Crippen molar-refractivity contribution in [2.75, 3.05) is 40.8 Å². The van der Waals surface area contributed by atoms with Gasteiger partial charge in [-0.05, 0) is 32.5 Å². The van der Waals surface area contributed by atoms with E-state index in [1.807, 2.05) is 17.9 Å². The van der Waals surface area contributed by atoms with Gasteiger partial charge in [0.05, 0.1) is 0 Å². The molecule has 0 aromatic heterocycles.